The normalized spacial score (nSPS) is 11.4. The van der Waals surface area contributed by atoms with Gasteiger partial charge in [0.05, 0.1) is 25.3 Å². The Morgan fingerprint density at radius 2 is 1.97 bits per heavy atom. The van der Waals surface area contributed by atoms with Crippen molar-refractivity contribution >= 4 is 17.7 Å². The first-order valence-electron chi connectivity index (χ1n) is 9.44. The minimum atomic E-state index is -1.14. The summed E-state index contributed by atoms with van der Waals surface area (Å²) in [4.78, 5) is 36.1. The Morgan fingerprint density at radius 3 is 2.62 bits per heavy atom. The number of aromatic hydroxyl groups is 1. The van der Waals surface area contributed by atoms with Crippen molar-refractivity contribution in [3.63, 3.8) is 0 Å². The van der Waals surface area contributed by atoms with E-state index in [1.54, 1.807) is 36.4 Å². The molecule has 1 atom stereocenters. The SMILES string of the molecule is COc1ccc(-c2cccc([C@H](CC(=O)O)NC(=O)Nc3c(O)ccn(C)c3=O)c2)nn1. The van der Waals surface area contributed by atoms with Gasteiger partial charge in [-0.2, -0.15) is 0 Å². The second-order valence-corrected chi connectivity index (χ2v) is 6.83. The molecule has 2 amide bonds. The molecule has 11 heteroatoms. The number of aromatic nitrogens is 3. The summed E-state index contributed by atoms with van der Waals surface area (Å²) in [6.45, 7) is 0. The van der Waals surface area contributed by atoms with Crippen molar-refractivity contribution in [2.45, 2.75) is 12.5 Å². The number of anilines is 1. The number of nitrogens with zero attached hydrogens (tertiary/aromatic N) is 3. The third-order valence-corrected chi connectivity index (χ3v) is 4.60. The number of benzene rings is 1. The first-order chi connectivity index (χ1) is 15.3. The Bertz CT molecular complexity index is 1190. The van der Waals surface area contributed by atoms with E-state index in [0.717, 1.165) is 0 Å². The van der Waals surface area contributed by atoms with Crippen LogP contribution in [0.5, 0.6) is 11.6 Å². The van der Waals surface area contributed by atoms with Gasteiger partial charge in [0.2, 0.25) is 5.88 Å². The van der Waals surface area contributed by atoms with Crippen molar-refractivity contribution in [3.05, 3.63) is 64.6 Å². The van der Waals surface area contributed by atoms with Crippen LogP contribution in [0, 0.1) is 0 Å². The lowest BCUT2D eigenvalue weighted by Gasteiger charge is -2.19. The average molecular weight is 439 g/mol. The maximum Gasteiger partial charge on any atom is 0.319 e. The van der Waals surface area contributed by atoms with Crippen LogP contribution in [0.15, 0.2) is 53.5 Å². The van der Waals surface area contributed by atoms with Crippen molar-refractivity contribution < 1.29 is 24.5 Å². The van der Waals surface area contributed by atoms with E-state index in [0.29, 0.717) is 22.7 Å². The number of methoxy groups -OCH3 is 1. The number of nitrogens with one attached hydrogen (secondary N) is 2. The van der Waals surface area contributed by atoms with E-state index in [1.807, 2.05) is 0 Å². The highest BCUT2D eigenvalue weighted by Crippen LogP contribution is 2.25. The molecule has 32 heavy (non-hydrogen) atoms. The van der Waals surface area contributed by atoms with E-state index >= 15 is 0 Å². The number of amides is 2. The molecule has 0 bridgehead atoms. The fourth-order valence-electron chi connectivity index (χ4n) is 2.97. The molecule has 0 unspecified atom stereocenters. The van der Waals surface area contributed by atoms with Gasteiger partial charge in [-0.1, -0.05) is 18.2 Å². The number of ether oxygens (including phenoxy) is 1. The molecule has 3 aromatic rings. The number of carboxylic acids is 1. The summed E-state index contributed by atoms with van der Waals surface area (Å²) < 4.78 is 6.18. The van der Waals surface area contributed by atoms with Gasteiger partial charge in [0.25, 0.3) is 5.56 Å². The lowest BCUT2D eigenvalue weighted by atomic mass is 10.00. The largest absolute Gasteiger partial charge is 0.505 e. The molecule has 3 rings (SSSR count). The molecular weight excluding hydrogens is 418 g/mol. The van der Waals surface area contributed by atoms with Gasteiger partial charge in [0.15, 0.2) is 5.69 Å². The van der Waals surface area contributed by atoms with Crippen LogP contribution in [-0.4, -0.2) is 44.1 Å². The highest BCUT2D eigenvalue weighted by Gasteiger charge is 2.20. The van der Waals surface area contributed by atoms with Crippen LogP contribution in [0.4, 0.5) is 10.5 Å². The highest BCUT2D eigenvalue weighted by atomic mass is 16.5. The molecular formula is C21H21N5O6. The van der Waals surface area contributed by atoms with Crippen molar-refractivity contribution in [3.8, 4) is 22.9 Å². The van der Waals surface area contributed by atoms with Gasteiger partial charge in [0, 0.05) is 24.9 Å². The molecule has 1 aromatic carbocycles. The van der Waals surface area contributed by atoms with Crippen LogP contribution < -0.4 is 20.9 Å². The monoisotopic (exact) mass is 439 g/mol. The summed E-state index contributed by atoms with van der Waals surface area (Å²) in [5.41, 5.74) is 0.760. The molecule has 0 spiro atoms. The summed E-state index contributed by atoms with van der Waals surface area (Å²) >= 11 is 0. The van der Waals surface area contributed by atoms with E-state index < -0.39 is 35.8 Å². The topological polar surface area (TPSA) is 156 Å². The smallest absolute Gasteiger partial charge is 0.319 e. The van der Waals surface area contributed by atoms with Crippen molar-refractivity contribution in [2.24, 2.45) is 7.05 Å². The quantitative estimate of drug-likeness (QED) is 0.435. The van der Waals surface area contributed by atoms with Gasteiger partial charge in [-0.25, -0.2) is 4.79 Å². The minimum absolute atomic E-state index is 0.316. The Hall–Kier alpha value is -4.41. The number of aryl methyl sites for hydroxylation is 1. The molecule has 0 saturated carbocycles. The molecule has 0 saturated heterocycles. The molecule has 0 radical (unpaired) electrons. The van der Waals surface area contributed by atoms with Gasteiger partial charge in [-0.3, -0.25) is 9.59 Å². The van der Waals surface area contributed by atoms with Crippen LogP contribution in [0.3, 0.4) is 0 Å². The van der Waals surface area contributed by atoms with Gasteiger partial charge >= 0.3 is 12.0 Å². The zero-order chi connectivity index (χ0) is 23.3. The van der Waals surface area contributed by atoms with Crippen LogP contribution in [0.25, 0.3) is 11.3 Å². The third kappa shape index (κ3) is 5.19. The van der Waals surface area contributed by atoms with E-state index in [9.17, 15) is 24.6 Å². The summed E-state index contributed by atoms with van der Waals surface area (Å²) in [7, 11) is 2.94. The maximum absolute atomic E-state index is 12.5. The predicted molar refractivity (Wildman–Crippen MR) is 115 cm³/mol. The van der Waals surface area contributed by atoms with Crippen molar-refractivity contribution in [1.29, 1.82) is 0 Å². The zero-order valence-electron chi connectivity index (χ0n) is 17.3. The Balaban J connectivity index is 1.85. The number of carbonyl (C=O) groups is 2. The lowest BCUT2D eigenvalue weighted by molar-refractivity contribution is -0.137. The molecule has 0 aliphatic rings. The second kappa shape index (κ2) is 9.60. The van der Waals surface area contributed by atoms with Crippen LogP contribution in [-0.2, 0) is 11.8 Å². The lowest BCUT2D eigenvalue weighted by Crippen LogP contribution is -2.36. The molecule has 2 heterocycles. The molecule has 11 nitrogen and oxygen atoms in total. The zero-order valence-corrected chi connectivity index (χ0v) is 17.3. The average Bonchev–Trinajstić information content (AvgIpc) is 2.79. The van der Waals surface area contributed by atoms with Gasteiger partial charge in [-0.05, 0) is 23.8 Å². The first-order valence-corrected chi connectivity index (χ1v) is 9.44. The first kappa shape index (κ1) is 22.3. The summed E-state index contributed by atoms with van der Waals surface area (Å²) in [6, 6.07) is 9.64. The molecule has 2 aromatic heterocycles. The standard InChI is InChI=1S/C21H21N5O6/c1-26-9-8-16(27)19(20(26)30)23-21(31)22-15(11-18(28)29)13-5-3-4-12(10-13)14-6-7-17(32-2)25-24-14/h3-10,15,27H,11H2,1-2H3,(H,28,29)(H2,22,23,31)/t15-/m0/s1. The highest BCUT2D eigenvalue weighted by molar-refractivity contribution is 5.91. The summed E-state index contributed by atoms with van der Waals surface area (Å²) in [6.07, 6.45) is 0.936. The van der Waals surface area contributed by atoms with Crippen LogP contribution in [0.1, 0.15) is 18.0 Å². The third-order valence-electron chi connectivity index (χ3n) is 4.60. The Kier molecular flexibility index (Phi) is 6.68. The predicted octanol–water partition coefficient (Wildman–Crippen LogP) is 1.89. The fraction of sp³-hybridized carbons (Fsp3) is 0.190. The Labute approximate surface area is 182 Å². The summed E-state index contributed by atoms with van der Waals surface area (Å²) in [5, 5.41) is 32.0. The number of rotatable bonds is 7. The number of aliphatic carboxylic acids is 1. The van der Waals surface area contributed by atoms with Crippen LogP contribution in [0.2, 0.25) is 0 Å². The van der Waals surface area contributed by atoms with E-state index in [-0.39, 0.29) is 5.69 Å². The van der Waals surface area contributed by atoms with Crippen LogP contribution >= 0.6 is 0 Å². The van der Waals surface area contributed by atoms with E-state index in [1.165, 1.54) is 31.0 Å². The number of pyridine rings is 1. The number of hydrogen-bond acceptors (Lipinski definition) is 7. The number of carbonyl (C=O) groups excluding carboxylic acids is 1. The van der Waals surface area contributed by atoms with E-state index in [4.69, 9.17) is 4.74 Å². The van der Waals surface area contributed by atoms with Crippen molar-refractivity contribution in [2.75, 3.05) is 12.4 Å². The maximum atomic E-state index is 12.5. The molecule has 0 aliphatic carbocycles. The van der Waals surface area contributed by atoms with Gasteiger partial charge in [0.1, 0.15) is 5.75 Å². The minimum Gasteiger partial charge on any atom is -0.505 e. The number of carboxylic acid groups (broad SMARTS) is 1. The van der Waals surface area contributed by atoms with Crippen molar-refractivity contribution in [1.82, 2.24) is 20.1 Å². The second-order valence-electron chi connectivity index (χ2n) is 6.83. The molecule has 166 valence electrons. The number of urea groups is 1. The number of hydrogen-bond donors (Lipinski definition) is 4. The summed E-state index contributed by atoms with van der Waals surface area (Å²) in [5.74, 6) is -1.19. The van der Waals surface area contributed by atoms with Gasteiger partial charge in [-0.15, -0.1) is 10.2 Å². The van der Waals surface area contributed by atoms with Gasteiger partial charge < -0.3 is 30.2 Å². The Morgan fingerprint density at radius 1 is 1.19 bits per heavy atom. The van der Waals surface area contributed by atoms with E-state index in [2.05, 4.69) is 20.8 Å². The molecule has 0 aliphatic heterocycles. The molecule has 4 N–H and O–H groups in total. The molecule has 0 fully saturated rings. The fourth-order valence-corrected chi connectivity index (χ4v) is 2.97.